The number of hydrogen-bond acceptors (Lipinski definition) is 5. The zero-order valence-electron chi connectivity index (χ0n) is 15.8. The Hall–Kier alpha value is -2.25. The number of rotatable bonds is 7. The summed E-state index contributed by atoms with van der Waals surface area (Å²) in [5, 5.41) is 0. The monoisotopic (exact) mass is 390 g/mol. The smallest absolute Gasteiger partial charge is 0.262 e. The second-order valence-electron chi connectivity index (χ2n) is 6.66. The maximum atomic E-state index is 12.7. The molecular weight excluding hydrogens is 364 g/mol. The molecule has 3 rings (SSSR count). The quantitative estimate of drug-likeness (QED) is 0.784. The Morgan fingerprint density at radius 2 is 1.59 bits per heavy atom. The summed E-state index contributed by atoms with van der Waals surface area (Å²) in [6.45, 7) is 3.17. The van der Waals surface area contributed by atoms with Gasteiger partial charge in [-0.25, -0.2) is 8.42 Å². The molecule has 0 aromatic heterocycles. The first kappa shape index (κ1) is 19.5. The molecule has 1 aliphatic rings. The summed E-state index contributed by atoms with van der Waals surface area (Å²) in [4.78, 5) is 2.56. The zero-order chi connectivity index (χ0) is 19.3. The molecule has 1 aliphatic heterocycles. The van der Waals surface area contributed by atoms with Gasteiger partial charge in [-0.15, -0.1) is 0 Å². The lowest BCUT2D eigenvalue weighted by molar-refractivity contribution is 0.221. The van der Waals surface area contributed by atoms with E-state index in [0.29, 0.717) is 17.2 Å². The van der Waals surface area contributed by atoms with Crippen LogP contribution in [0.15, 0.2) is 47.4 Å². The molecule has 0 radical (unpaired) electrons. The van der Waals surface area contributed by atoms with Crippen molar-refractivity contribution in [2.24, 2.45) is 0 Å². The fourth-order valence-electron chi connectivity index (χ4n) is 3.25. The first-order chi connectivity index (χ1) is 13.0. The molecule has 27 heavy (non-hydrogen) atoms. The molecule has 7 heteroatoms. The highest BCUT2D eigenvalue weighted by Gasteiger charge is 2.17. The molecule has 1 heterocycles. The van der Waals surface area contributed by atoms with Gasteiger partial charge in [0.05, 0.1) is 19.1 Å². The van der Waals surface area contributed by atoms with Crippen LogP contribution in [0.3, 0.4) is 0 Å². The normalized spacial score (nSPS) is 15.3. The van der Waals surface area contributed by atoms with E-state index in [1.54, 1.807) is 18.2 Å². The number of likely N-dealkylation sites (tertiary alicyclic amines) is 1. The molecule has 0 aliphatic carbocycles. The van der Waals surface area contributed by atoms with Crippen LogP contribution in [-0.2, 0) is 16.6 Å². The average Bonchev–Trinajstić information content (AvgIpc) is 2.69. The van der Waals surface area contributed by atoms with Gasteiger partial charge < -0.3 is 9.47 Å². The number of sulfonamides is 1. The number of ether oxygens (including phenoxy) is 2. The first-order valence-electron chi connectivity index (χ1n) is 9.08. The predicted molar refractivity (Wildman–Crippen MR) is 106 cm³/mol. The van der Waals surface area contributed by atoms with Crippen LogP contribution in [0, 0.1) is 0 Å². The molecule has 6 nitrogen and oxygen atoms in total. The maximum Gasteiger partial charge on any atom is 0.262 e. The Bertz CT molecular complexity index is 860. The number of piperidine rings is 1. The largest absolute Gasteiger partial charge is 0.493 e. The van der Waals surface area contributed by atoms with Gasteiger partial charge in [0.2, 0.25) is 0 Å². The van der Waals surface area contributed by atoms with Gasteiger partial charge in [0.1, 0.15) is 0 Å². The number of nitrogens with one attached hydrogen (secondary N) is 1. The van der Waals surface area contributed by atoms with E-state index in [0.717, 1.165) is 19.6 Å². The van der Waals surface area contributed by atoms with E-state index in [2.05, 4.69) is 9.62 Å². The van der Waals surface area contributed by atoms with E-state index in [1.807, 2.05) is 12.1 Å². The molecule has 0 bridgehead atoms. The van der Waals surface area contributed by atoms with Crippen molar-refractivity contribution in [1.82, 2.24) is 4.90 Å². The van der Waals surface area contributed by atoms with Crippen LogP contribution >= 0.6 is 0 Å². The van der Waals surface area contributed by atoms with E-state index in [1.165, 1.54) is 51.2 Å². The maximum absolute atomic E-state index is 12.7. The van der Waals surface area contributed by atoms with Crippen molar-refractivity contribution in [3.63, 3.8) is 0 Å². The summed E-state index contributed by atoms with van der Waals surface area (Å²) in [6, 6.07) is 12.1. The van der Waals surface area contributed by atoms with Crippen LogP contribution in [0.5, 0.6) is 11.5 Å². The molecule has 0 atom stereocenters. The van der Waals surface area contributed by atoms with E-state index < -0.39 is 10.0 Å². The lowest BCUT2D eigenvalue weighted by Crippen LogP contribution is -2.29. The Kier molecular flexibility index (Phi) is 6.23. The second kappa shape index (κ2) is 8.63. The summed E-state index contributed by atoms with van der Waals surface area (Å²) in [5.41, 5.74) is 1.72. The third-order valence-corrected chi connectivity index (χ3v) is 6.11. The van der Waals surface area contributed by atoms with Gasteiger partial charge in [-0.1, -0.05) is 18.6 Å². The lowest BCUT2D eigenvalue weighted by atomic mass is 10.1. The van der Waals surface area contributed by atoms with Crippen molar-refractivity contribution in [3.8, 4) is 11.5 Å². The highest BCUT2D eigenvalue weighted by molar-refractivity contribution is 7.92. The molecule has 146 valence electrons. The third kappa shape index (κ3) is 4.93. The van der Waals surface area contributed by atoms with Crippen molar-refractivity contribution in [3.05, 3.63) is 48.0 Å². The SMILES string of the molecule is COc1ccc(S(=O)(=O)Nc2ccc(CN3CCCCC3)cc2)cc1OC. The topological polar surface area (TPSA) is 67.9 Å². The summed E-state index contributed by atoms with van der Waals surface area (Å²) in [5.74, 6) is 0.857. The predicted octanol–water partition coefficient (Wildman–Crippen LogP) is 3.49. The van der Waals surface area contributed by atoms with E-state index in [4.69, 9.17) is 9.47 Å². The Morgan fingerprint density at radius 1 is 0.926 bits per heavy atom. The third-order valence-electron chi connectivity index (χ3n) is 4.73. The molecule has 1 N–H and O–H groups in total. The lowest BCUT2D eigenvalue weighted by Gasteiger charge is -2.26. The summed E-state index contributed by atoms with van der Waals surface area (Å²) in [6.07, 6.45) is 3.82. The number of hydrogen-bond donors (Lipinski definition) is 1. The molecule has 2 aromatic carbocycles. The molecule has 1 fully saturated rings. The van der Waals surface area contributed by atoms with Crippen LogP contribution in [0.2, 0.25) is 0 Å². The van der Waals surface area contributed by atoms with Gasteiger partial charge in [0.15, 0.2) is 11.5 Å². The zero-order valence-corrected chi connectivity index (χ0v) is 16.6. The first-order valence-corrected chi connectivity index (χ1v) is 10.6. The number of methoxy groups -OCH3 is 2. The Labute approximate surface area is 161 Å². The van der Waals surface area contributed by atoms with Crippen LogP contribution in [0.1, 0.15) is 24.8 Å². The van der Waals surface area contributed by atoms with Gasteiger partial charge in [-0.05, 0) is 55.8 Å². The van der Waals surface area contributed by atoms with Crippen molar-refractivity contribution >= 4 is 15.7 Å². The Balaban J connectivity index is 1.70. The number of anilines is 1. The highest BCUT2D eigenvalue weighted by Crippen LogP contribution is 2.30. The highest BCUT2D eigenvalue weighted by atomic mass is 32.2. The summed E-state index contributed by atoms with van der Waals surface area (Å²) < 4.78 is 38.3. The second-order valence-corrected chi connectivity index (χ2v) is 8.34. The molecule has 0 spiro atoms. The standard InChI is InChI=1S/C20H26N2O4S/c1-25-19-11-10-18(14-20(19)26-2)27(23,24)21-17-8-6-16(7-9-17)15-22-12-4-3-5-13-22/h6-11,14,21H,3-5,12-13,15H2,1-2H3. The molecule has 0 saturated carbocycles. The minimum Gasteiger partial charge on any atom is -0.493 e. The molecule has 2 aromatic rings. The summed E-state index contributed by atoms with van der Waals surface area (Å²) >= 11 is 0. The summed E-state index contributed by atoms with van der Waals surface area (Å²) in [7, 11) is -0.722. The minimum atomic E-state index is -3.71. The fraction of sp³-hybridized carbons (Fsp3) is 0.400. The van der Waals surface area contributed by atoms with E-state index >= 15 is 0 Å². The van der Waals surface area contributed by atoms with Gasteiger partial charge in [0, 0.05) is 18.3 Å². The van der Waals surface area contributed by atoms with Crippen LogP contribution in [0.25, 0.3) is 0 Å². The molecule has 0 unspecified atom stereocenters. The Morgan fingerprint density at radius 3 is 2.22 bits per heavy atom. The number of benzene rings is 2. The van der Waals surface area contributed by atoms with Gasteiger partial charge in [-0.2, -0.15) is 0 Å². The van der Waals surface area contributed by atoms with Crippen molar-refractivity contribution < 1.29 is 17.9 Å². The fourth-order valence-corrected chi connectivity index (χ4v) is 4.33. The average molecular weight is 391 g/mol. The van der Waals surface area contributed by atoms with E-state index in [-0.39, 0.29) is 4.90 Å². The molecule has 0 amide bonds. The minimum absolute atomic E-state index is 0.123. The number of nitrogens with zero attached hydrogens (tertiary/aromatic N) is 1. The van der Waals surface area contributed by atoms with Gasteiger partial charge in [-0.3, -0.25) is 9.62 Å². The van der Waals surface area contributed by atoms with Gasteiger partial charge >= 0.3 is 0 Å². The van der Waals surface area contributed by atoms with Crippen molar-refractivity contribution in [1.29, 1.82) is 0 Å². The van der Waals surface area contributed by atoms with Crippen molar-refractivity contribution in [2.45, 2.75) is 30.7 Å². The van der Waals surface area contributed by atoms with Crippen LogP contribution < -0.4 is 14.2 Å². The van der Waals surface area contributed by atoms with Crippen molar-refractivity contribution in [2.75, 3.05) is 32.0 Å². The van der Waals surface area contributed by atoms with Crippen LogP contribution in [-0.4, -0.2) is 40.6 Å². The van der Waals surface area contributed by atoms with E-state index in [9.17, 15) is 8.42 Å². The van der Waals surface area contributed by atoms with Crippen LogP contribution in [0.4, 0.5) is 5.69 Å². The van der Waals surface area contributed by atoms with Gasteiger partial charge in [0.25, 0.3) is 10.0 Å². The molecule has 1 saturated heterocycles. The molecular formula is C20H26N2O4S.